The second-order valence-corrected chi connectivity index (χ2v) is 6.38. The second kappa shape index (κ2) is 5.77. The molecule has 2 aromatic rings. The fraction of sp³-hybridized carbons (Fsp3) is 0. The molecule has 0 atom stereocenters. The number of carbonyl (C=O) groups excluding carboxylic acids is 1. The summed E-state index contributed by atoms with van der Waals surface area (Å²) in [5.74, 6) is -0.786. The summed E-state index contributed by atoms with van der Waals surface area (Å²) in [5.41, 5.74) is 6.48. The van der Waals surface area contributed by atoms with Crippen LogP contribution in [0.3, 0.4) is 0 Å². The highest BCUT2D eigenvalue weighted by molar-refractivity contribution is 9.11. The first-order valence-corrected chi connectivity index (χ1v) is 7.20. The first-order valence-electron chi connectivity index (χ1n) is 5.12. The SMILES string of the molecule is NC(=S)c1cc(NC(=O)c2csc(Br)c2)ccc1F. The van der Waals surface area contributed by atoms with Gasteiger partial charge in [0.2, 0.25) is 0 Å². The van der Waals surface area contributed by atoms with E-state index >= 15 is 0 Å². The third-order valence-electron chi connectivity index (χ3n) is 2.32. The number of thiophene rings is 1. The van der Waals surface area contributed by atoms with Crippen LogP contribution in [-0.4, -0.2) is 10.9 Å². The summed E-state index contributed by atoms with van der Waals surface area (Å²) in [6.45, 7) is 0. The first kappa shape index (κ1) is 14.1. The van der Waals surface area contributed by atoms with Crippen molar-refractivity contribution in [3.63, 3.8) is 0 Å². The lowest BCUT2D eigenvalue weighted by Gasteiger charge is -2.07. The minimum Gasteiger partial charge on any atom is -0.389 e. The van der Waals surface area contributed by atoms with Crippen LogP contribution in [0.5, 0.6) is 0 Å². The Bertz CT molecular complexity index is 657. The van der Waals surface area contributed by atoms with Crippen molar-refractivity contribution in [1.29, 1.82) is 0 Å². The monoisotopic (exact) mass is 358 g/mol. The molecule has 1 aromatic carbocycles. The largest absolute Gasteiger partial charge is 0.389 e. The molecular weight excluding hydrogens is 351 g/mol. The highest BCUT2D eigenvalue weighted by Crippen LogP contribution is 2.22. The molecule has 0 unspecified atom stereocenters. The summed E-state index contributed by atoms with van der Waals surface area (Å²) in [6.07, 6.45) is 0. The van der Waals surface area contributed by atoms with Crippen molar-refractivity contribution in [2.24, 2.45) is 5.73 Å². The lowest BCUT2D eigenvalue weighted by molar-refractivity contribution is 0.102. The molecule has 0 fully saturated rings. The van der Waals surface area contributed by atoms with E-state index in [1.165, 1.54) is 29.5 Å². The third kappa shape index (κ3) is 3.37. The van der Waals surface area contributed by atoms with Crippen molar-refractivity contribution in [2.45, 2.75) is 0 Å². The summed E-state index contributed by atoms with van der Waals surface area (Å²) >= 11 is 9.43. The molecule has 0 radical (unpaired) electrons. The van der Waals surface area contributed by atoms with Crippen LogP contribution in [0.1, 0.15) is 15.9 Å². The molecule has 0 aliphatic rings. The van der Waals surface area contributed by atoms with Gasteiger partial charge in [-0.3, -0.25) is 4.79 Å². The normalized spacial score (nSPS) is 10.2. The van der Waals surface area contributed by atoms with Gasteiger partial charge in [-0.2, -0.15) is 0 Å². The molecule has 98 valence electrons. The maximum atomic E-state index is 13.4. The Labute approximate surface area is 126 Å². The van der Waals surface area contributed by atoms with Crippen LogP contribution in [-0.2, 0) is 0 Å². The number of hydrogen-bond donors (Lipinski definition) is 2. The first-order chi connectivity index (χ1) is 8.97. The number of nitrogens with one attached hydrogen (secondary N) is 1. The maximum Gasteiger partial charge on any atom is 0.256 e. The fourth-order valence-electron chi connectivity index (χ4n) is 1.42. The zero-order valence-corrected chi connectivity index (χ0v) is 12.7. The summed E-state index contributed by atoms with van der Waals surface area (Å²) in [7, 11) is 0. The molecule has 0 saturated heterocycles. The standard InChI is InChI=1S/C12H8BrFN2OS2/c13-10-3-6(5-19-10)12(17)16-7-1-2-9(14)8(4-7)11(15)18/h1-5H,(H2,15,18)(H,16,17). The van der Waals surface area contributed by atoms with Crippen molar-refractivity contribution >= 4 is 56.1 Å². The number of thiocarbonyl (C=S) groups is 1. The topological polar surface area (TPSA) is 55.1 Å². The van der Waals surface area contributed by atoms with E-state index in [2.05, 4.69) is 21.2 Å². The van der Waals surface area contributed by atoms with Crippen LogP contribution in [0, 0.1) is 5.82 Å². The van der Waals surface area contributed by atoms with Gasteiger partial charge in [-0.15, -0.1) is 11.3 Å². The van der Waals surface area contributed by atoms with Crippen LogP contribution in [0.4, 0.5) is 10.1 Å². The van der Waals surface area contributed by atoms with Crippen molar-refractivity contribution in [2.75, 3.05) is 5.32 Å². The van der Waals surface area contributed by atoms with Crippen LogP contribution in [0.15, 0.2) is 33.4 Å². The van der Waals surface area contributed by atoms with Gasteiger partial charge in [0, 0.05) is 16.6 Å². The van der Waals surface area contributed by atoms with Crippen LogP contribution < -0.4 is 11.1 Å². The molecule has 1 aromatic heterocycles. The van der Waals surface area contributed by atoms with E-state index in [-0.39, 0.29) is 16.5 Å². The molecule has 3 N–H and O–H groups in total. The van der Waals surface area contributed by atoms with E-state index in [1.54, 1.807) is 11.4 Å². The zero-order chi connectivity index (χ0) is 14.0. The van der Waals surface area contributed by atoms with E-state index in [4.69, 9.17) is 18.0 Å². The molecular formula is C12H8BrFN2OS2. The number of nitrogens with two attached hydrogens (primary N) is 1. The quantitative estimate of drug-likeness (QED) is 0.825. The van der Waals surface area contributed by atoms with Gasteiger partial charge in [-0.05, 0) is 40.2 Å². The smallest absolute Gasteiger partial charge is 0.256 e. The highest BCUT2D eigenvalue weighted by Gasteiger charge is 2.11. The Morgan fingerprint density at radius 3 is 2.74 bits per heavy atom. The van der Waals surface area contributed by atoms with E-state index in [0.717, 1.165) is 3.79 Å². The number of carbonyl (C=O) groups is 1. The Kier molecular flexibility index (Phi) is 4.28. The number of hydrogen-bond acceptors (Lipinski definition) is 3. The van der Waals surface area contributed by atoms with Gasteiger partial charge in [-0.1, -0.05) is 12.2 Å². The van der Waals surface area contributed by atoms with E-state index < -0.39 is 5.82 Å². The summed E-state index contributed by atoms with van der Waals surface area (Å²) in [5, 5.41) is 4.38. The number of rotatable bonds is 3. The highest BCUT2D eigenvalue weighted by atomic mass is 79.9. The minimum atomic E-state index is -0.510. The van der Waals surface area contributed by atoms with Gasteiger partial charge in [0.25, 0.3) is 5.91 Å². The average Bonchev–Trinajstić information content (AvgIpc) is 2.78. The van der Waals surface area contributed by atoms with E-state index in [9.17, 15) is 9.18 Å². The fourth-order valence-corrected chi connectivity index (χ4v) is 2.72. The molecule has 1 heterocycles. The summed E-state index contributed by atoms with van der Waals surface area (Å²) in [4.78, 5) is 11.9. The molecule has 0 spiro atoms. The van der Waals surface area contributed by atoms with Gasteiger partial charge in [0.15, 0.2) is 0 Å². The molecule has 0 bridgehead atoms. The van der Waals surface area contributed by atoms with E-state index in [1.807, 2.05) is 0 Å². The van der Waals surface area contributed by atoms with Crippen molar-refractivity contribution in [1.82, 2.24) is 0 Å². The van der Waals surface area contributed by atoms with Crippen molar-refractivity contribution < 1.29 is 9.18 Å². The Balaban J connectivity index is 2.22. The predicted octanol–water partition coefficient (Wildman–Crippen LogP) is 3.54. The molecule has 7 heteroatoms. The van der Waals surface area contributed by atoms with Crippen molar-refractivity contribution in [3.05, 3.63) is 50.4 Å². The minimum absolute atomic E-state index is 0.0492. The summed E-state index contributed by atoms with van der Waals surface area (Å²) < 4.78 is 14.3. The molecule has 0 aliphatic carbocycles. The number of anilines is 1. The number of halogens is 2. The van der Waals surface area contributed by atoms with Gasteiger partial charge in [0.05, 0.1) is 9.35 Å². The Morgan fingerprint density at radius 1 is 1.42 bits per heavy atom. The molecule has 2 rings (SSSR count). The molecule has 1 amide bonds. The zero-order valence-electron chi connectivity index (χ0n) is 9.44. The lowest BCUT2D eigenvalue weighted by Crippen LogP contribution is -2.14. The van der Waals surface area contributed by atoms with Gasteiger partial charge < -0.3 is 11.1 Å². The summed E-state index contributed by atoms with van der Waals surface area (Å²) in [6, 6.07) is 5.79. The molecule has 0 saturated carbocycles. The van der Waals surface area contributed by atoms with Gasteiger partial charge >= 0.3 is 0 Å². The van der Waals surface area contributed by atoms with Crippen LogP contribution >= 0.6 is 39.5 Å². The molecule has 3 nitrogen and oxygen atoms in total. The maximum absolute atomic E-state index is 13.4. The van der Waals surface area contributed by atoms with Crippen LogP contribution in [0.2, 0.25) is 0 Å². The predicted molar refractivity (Wildman–Crippen MR) is 82.3 cm³/mol. The Morgan fingerprint density at radius 2 is 2.16 bits per heavy atom. The molecule has 0 aliphatic heterocycles. The Hall–Kier alpha value is -1.31. The second-order valence-electron chi connectivity index (χ2n) is 3.65. The van der Waals surface area contributed by atoms with Gasteiger partial charge in [0.1, 0.15) is 10.8 Å². The van der Waals surface area contributed by atoms with Gasteiger partial charge in [-0.25, -0.2) is 4.39 Å². The van der Waals surface area contributed by atoms with Crippen molar-refractivity contribution in [3.8, 4) is 0 Å². The number of amides is 1. The average molecular weight is 359 g/mol. The third-order valence-corrected chi connectivity index (χ3v) is 4.04. The van der Waals surface area contributed by atoms with Crippen LogP contribution in [0.25, 0.3) is 0 Å². The van der Waals surface area contributed by atoms with E-state index in [0.29, 0.717) is 11.3 Å². The molecule has 19 heavy (non-hydrogen) atoms. The lowest BCUT2D eigenvalue weighted by atomic mass is 10.2. The number of benzene rings is 1.